The van der Waals surface area contributed by atoms with Gasteiger partial charge in [-0.1, -0.05) is 158 Å². The Morgan fingerprint density at radius 2 is 0.677 bits per heavy atom. The molecule has 3 aromatic heterocycles. The van der Waals surface area contributed by atoms with Crippen LogP contribution in [-0.2, 0) is 12.8 Å². The van der Waals surface area contributed by atoms with Crippen molar-refractivity contribution >= 4 is 65.3 Å². The highest BCUT2D eigenvalue weighted by Gasteiger charge is 2.27. The maximum absolute atomic E-state index is 2.55. The maximum Gasteiger partial charge on any atom is 0.0795 e. The fraction of sp³-hybridized carbons (Fsp3) is 0.0323. The predicted octanol–water partition coefficient (Wildman–Crippen LogP) is 15.8. The number of aromatic nitrogens is 3. The van der Waals surface area contributed by atoms with Crippen LogP contribution in [0.2, 0.25) is 0 Å². The van der Waals surface area contributed by atoms with Crippen LogP contribution in [0.1, 0.15) is 22.3 Å². The second-order valence-electron chi connectivity index (χ2n) is 17.6. The molecule has 3 nitrogen and oxygen atoms in total. The fourth-order valence-corrected chi connectivity index (χ4v) is 11.4. The van der Waals surface area contributed by atoms with E-state index < -0.39 is 0 Å². The maximum atomic E-state index is 2.55. The zero-order valence-electron chi connectivity index (χ0n) is 35.6. The molecule has 0 amide bonds. The third kappa shape index (κ3) is 5.30. The van der Waals surface area contributed by atoms with Crippen LogP contribution >= 0.6 is 0 Å². The van der Waals surface area contributed by atoms with Gasteiger partial charge in [0.15, 0.2) is 0 Å². The van der Waals surface area contributed by atoms with Crippen molar-refractivity contribution in [3.63, 3.8) is 0 Å². The van der Waals surface area contributed by atoms with E-state index in [0.717, 1.165) is 29.9 Å². The molecule has 65 heavy (non-hydrogen) atoms. The first kappa shape index (κ1) is 36.1. The summed E-state index contributed by atoms with van der Waals surface area (Å²) in [7, 11) is 0. The van der Waals surface area contributed by atoms with Crippen molar-refractivity contribution in [3.05, 3.63) is 247 Å². The lowest BCUT2D eigenvalue weighted by Crippen LogP contribution is -2.07. The van der Waals surface area contributed by atoms with Crippen molar-refractivity contribution in [2.45, 2.75) is 12.8 Å². The molecule has 0 bridgehead atoms. The van der Waals surface area contributed by atoms with E-state index >= 15 is 0 Å². The third-order valence-electron chi connectivity index (χ3n) is 14.1. The minimum atomic E-state index is 0.943. The largest absolute Gasteiger partial charge is 0.309 e. The minimum Gasteiger partial charge on any atom is -0.309 e. The summed E-state index contributed by atoms with van der Waals surface area (Å²) in [6, 6.07) is 83.0. The molecule has 0 aliphatic heterocycles. The molecule has 0 radical (unpaired) electrons. The Balaban J connectivity index is 1.09. The zero-order chi connectivity index (χ0) is 42.6. The van der Waals surface area contributed by atoms with Gasteiger partial charge >= 0.3 is 0 Å². The van der Waals surface area contributed by atoms with Crippen LogP contribution in [0.3, 0.4) is 0 Å². The average Bonchev–Trinajstić information content (AvgIpc) is 4.03. The molecule has 14 rings (SSSR count). The minimum absolute atomic E-state index is 0.943. The molecule has 1 aliphatic rings. The standard InChI is InChI=1S/C62H41N3/c1-4-18-41(19-5-1)60-57(49-26-12-15-29-54(49)63(60)46-22-6-2-7-23-46)40-32-34-48(35-33-40)65-56-31-17-14-28-51(56)59-53-39-45-37-43-21-11-10-20-42(43)36-44(45)38-52(53)58-50-27-13-16-30-55(50)64(61(58)62(59)65)47-24-8-3-9-25-47/h1-35,38-39H,36-37H2. The number of hydrogen-bond donors (Lipinski definition) is 0. The first-order valence-electron chi connectivity index (χ1n) is 22.7. The molecule has 0 N–H and O–H groups in total. The number of fused-ring (bicyclic) bond motifs is 13. The van der Waals surface area contributed by atoms with Gasteiger partial charge in [-0.3, -0.25) is 0 Å². The van der Waals surface area contributed by atoms with Gasteiger partial charge in [-0.05, 0) is 124 Å². The van der Waals surface area contributed by atoms with E-state index in [2.05, 4.69) is 238 Å². The van der Waals surface area contributed by atoms with Crippen molar-refractivity contribution in [2.75, 3.05) is 0 Å². The highest BCUT2D eigenvalue weighted by atomic mass is 15.0. The number of rotatable bonds is 5. The van der Waals surface area contributed by atoms with Gasteiger partial charge in [0.25, 0.3) is 0 Å². The molecule has 0 saturated heterocycles. The summed E-state index contributed by atoms with van der Waals surface area (Å²) in [5.41, 5.74) is 20.0. The van der Waals surface area contributed by atoms with Crippen LogP contribution in [-0.4, -0.2) is 13.7 Å². The Kier molecular flexibility index (Phi) is 7.81. The predicted molar refractivity (Wildman–Crippen MR) is 272 cm³/mol. The Morgan fingerprint density at radius 3 is 1.20 bits per heavy atom. The van der Waals surface area contributed by atoms with E-state index in [9.17, 15) is 0 Å². The van der Waals surface area contributed by atoms with Gasteiger partial charge in [0, 0.05) is 49.6 Å². The summed E-state index contributed by atoms with van der Waals surface area (Å²) in [5.74, 6) is 0. The summed E-state index contributed by atoms with van der Waals surface area (Å²) in [5, 5.41) is 8.99. The summed E-state index contributed by atoms with van der Waals surface area (Å²) in [4.78, 5) is 0. The molecule has 3 heterocycles. The van der Waals surface area contributed by atoms with Crippen LogP contribution in [0.15, 0.2) is 224 Å². The number of benzene rings is 10. The van der Waals surface area contributed by atoms with E-state index in [-0.39, 0.29) is 0 Å². The van der Waals surface area contributed by atoms with Gasteiger partial charge in [0.1, 0.15) is 0 Å². The van der Waals surface area contributed by atoms with Crippen molar-refractivity contribution in [1.82, 2.24) is 13.7 Å². The molecular weight excluding hydrogens is 787 g/mol. The molecule has 0 atom stereocenters. The molecular formula is C62H41N3. The zero-order valence-corrected chi connectivity index (χ0v) is 35.6. The molecule has 0 unspecified atom stereocenters. The van der Waals surface area contributed by atoms with Gasteiger partial charge in [-0.25, -0.2) is 0 Å². The fourth-order valence-electron chi connectivity index (χ4n) is 11.4. The Labute approximate surface area is 376 Å². The van der Waals surface area contributed by atoms with Crippen LogP contribution in [0, 0.1) is 0 Å². The number of nitrogens with zero attached hydrogens (tertiary/aromatic N) is 3. The molecule has 0 fully saturated rings. The van der Waals surface area contributed by atoms with E-state index in [1.807, 2.05) is 0 Å². The smallest absolute Gasteiger partial charge is 0.0795 e. The van der Waals surface area contributed by atoms with Crippen molar-refractivity contribution < 1.29 is 0 Å². The molecule has 304 valence electrons. The first-order chi connectivity index (χ1) is 32.3. The highest BCUT2D eigenvalue weighted by Crippen LogP contribution is 2.49. The van der Waals surface area contributed by atoms with Crippen LogP contribution in [0.4, 0.5) is 0 Å². The highest BCUT2D eigenvalue weighted by molar-refractivity contribution is 6.36. The lowest BCUT2D eigenvalue weighted by molar-refractivity contribution is 1.01. The number of hydrogen-bond acceptors (Lipinski definition) is 0. The van der Waals surface area contributed by atoms with Crippen molar-refractivity contribution in [1.29, 1.82) is 0 Å². The lowest BCUT2D eigenvalue weighted by Gasteiger charge is -2.21. The van der Waals surface area contributed by atoms with Gasteiger partial charge in [0.2, 0.25) is 0 Å². The van der Waals surface area contributed by atoms with E-state index in [0.29, 0.717) is 0 Å². The average molecular weight is 828 g/mol. The van der Waals surface area contributed by atoms with Gasteiger partial charge in [0.05, 0.1) is 33.3 Å². The van der Waals surface area contributed by atoms with Crippen LogP contribution in [0.25, 0.3) is 105 Å². The van der Waals surface area contributed by atoms with Gasteiger partial charge in [-0.15, -0.1) is 0 Å². The topological polar surface area (TPSA) is 14.8 Å². The molecule has 0 saturated carbocycles. The molecule has 0 spiro atoms. The van der Waals surface area contributed by atoms with E-state index in [4.69, 9.17) is 0 Å². The van der Waals surface area contributed by atoms with Crippen molar-refractivity contribution in [3.8, 4) is 39.4 Å². The molecule has 3 heteroatoms. The third-order valence-corrected chi connectivity index (χ3v) is 14.1. The monoisotopic (exact) mass is 827 g/mol. The Hall–Kier alpha value is -8.40. The van der Waals surface area contributed by atoms with Gasteiger partial charge in [-0.2, -0.15) is 0 Å². The molecule has 10 aromatic carbocycles. The van der Waals surface area contributed by atoms with E-state index in [1.54, 1.807) is 0 Å². The van der Waals surface area contributed by atoms with Crippen molar-refractivity contribution in [2.24, 2.45) is 0 Å². The van der Waals surface area contributed by atoms with Crippen LogP contribution < -0.4 is 0 Å². The molecule has 1 aliphatic carbocycles. The second kappa shape index (κ2) is 14.1. The lowest BCUT2D eigenvalue weighted by atomic mass is 9.83. The Morgan fingerprint density at radius 1 is 0.277 bits per heavy atom. The van der Waals surface area contributed by atoms with Gasteiger partial charge < -0.3 is 13.7 Å². The second-order valence-corrected chi connectivity index (χ2v) is 17.6. The van der Waals surface area contributed by atoms with E-state index in [1.165, 1.54) is 110 Å². The summed E-state index contributed by atoms with van der Waals surface area (Å²) < 4.78 is 7.51. The summed E-state index contributed by atoms with van der Waals surface area (Å²) >= 11 is 0. The Bertz CT molecular complexity index is 4020. The molecule has 13 aromatic rings. The first-order valence-corrected chi connectivity index (χ1v) is 22.7. The number of para-hydroxylation sites is 5. The summed E-state index contributed by atoms with van der Waals surface area (Å²) in [6.07, 6.45) is 1.89. The quantitative estimate of drug-likeness (QED) is 0.164. The van der Waals surface area contributed by atoms with Crippen LogP contribution in [0.5, 0.6) is 0 Å². The SMILES string of the molecule is c1ccc(-c2c(-c3ccc(-n4c5ccccc5c5c6cc7c(cc6c6c8ccccc8n(-c8ccccc8)c6c54)Cc4ccccc4C7)cc3)c3ccccc3n2-c2ccccc2)cc1. The summed E-state index contributed by atoms with van der Waals surface area (Å²) in [6.45, 7) is 0. The normalized spacial score (nSPS) is 12.5.